The summed E-state index contributed by atoms with van der Waals surface area (Å²) in [6.45, 7) is 2.02. The molecule has 2 aromatic rings. The van der Waals surface area contributed by atoms with Gasteiger partial charge in [0.1, 0.15) is 17.3 Å². The van der Waals surface area contributed by atoms with Crippen LogP contribution >= 0.6 is 0 Å². The second-order valence-corrected chi connectivity index (χ2v) is 4.23. The molecule has 0 aliphatic rings. The number of urea groups is 1. The van der Waals surface area contributed by atoms with E-state index in [-0.39, 0.29) is 0 Å². The molecular weight excluding hydrogens is 262 g/mol. The van der Waals surface area contributed by atoms with Crippen LogP contribution in [0.15, 0.2) is 42.5 Å². The average Bonchev–Trinajstić information content (AvgIpc) is 2.44. The first-order valence-electron chi connectivity index (χ1n) is 6.21. The quantitative estimate of drug-likeness (QED) is 0.867. The van der Waals surface area contributed by atoms with Crippen molar-refractivity contribution in [1.82, 2.24) is 0 Å². The molecule has 104 valence electrons. The molecule has 0 radical (unpaired) electrons. The first-order valence-corrected chi connectivity index (χ1v) is 6.21. The van der Waals surface area contributed by atoms with Crippen molar-refractivity contribution < 1.29 is 13.6 Å². The van der Waals surface area contributed by atoms with E-state index in [0.29, 0.717) is 5.69 Å². The van der Waals surface area contributed by atoms with Crippen LogP contribution in [0.4, 0.5) is 25.0 Å². The summed E-state index contributed by atoms with van der Waals surface area (Å²) in [6, 6.07) is 9.91. The topological polar surface area (TPSA) is 41.1 Å². The van der Waals surface area contributed by atoms with Crippen LogP contribution in [-0.4, -0.2) is 6.03 Å². The largest absolute Gasteiger partial charge is 0.323 e. The van der Waals surface area contributed by atoms with Crippen molar-refractivity contribution in [2.45, 2.75) is 13.3 Å². The lowest BCUT2D eigenvalue weighted by molar-refractivity contribution is 0.262. The molecule has 0 heterocycles. The molecule has 0 spiro atoms. The summed E-state index contributed by atoms with van der Waals surface area (Å²) in [5.74, 6) is -1.64. The number of aryl methyl sites for hydroxylation is 1. The molecule has 0 saturated carbocycles. The van der Waals surface area contributed by atoms with Crippen molar-refractivity contribution in [1.29, 1.82) is 0 Å². The summed E-state index contributed by atoms with van der Waals surface area (Å²) < 4.78 is 26.7. The second kappa shape index (κ2) is 6.14. The lowest BCUT2D eigenvalue weighted by Gasteiger charge is -2.09. The van der Waals surface area contributed by atoms with E-state index < -0.39 is 23.4 Å². The third kappa shape index (κ3) is 3.32. The number of benzene rings is 2. The van der Waals surface area contributed by atoms with E-state index in [9.17, 15) is 13.6 Å². The van der Waals surface area contributed by atoms with Gasteiger partial charge in [0, 0.05) is 5.69 Å². The monoisotopic (exact) mass is 276 g/mol. The lowest BCUT2D eigenvalue weighted by atomic mass is 10.1. The van der Waals surface area contributed by atoms with Crippen molar-refractivity contribution in [3.63, 3.8) is 0 Å². The molecular formula is C15H14F2N2O. The minimum Gasteiger partial charge on any atom is -0.308 e. The molecule has 2 rings (SSSR count). The minimum absolute atomic E-state index is 0.463. The van der Waals surface area contributed by atoms with Crippen molar-refractivity contribution in [3.8, 4) is 0 Å². The molecule has 0 bridgehead atoms. The Labute approximate surface area is 115 Å². The zero-order valence-corrected chi connectivity index (χ0v) is 10.9. The molecule has 20 heavy (non-hydrogen) atoms. The van der Waals surface area contributed by atoms with Gasteiger partial charge >= 0.3 is 6.03 Å². The van der Waals surface area contributed by atoms with Crippen molar-refractivity contribution in [2.24, 2.45) is 0 Å². The number of nitrogens with one attached hydrogen (secondary N) is 2. The summed E-state index contributed by atoms with van der Waals surface area (Å²) in [6.07, 6.45) is 0.896. The molecule has 5 heteroatoms. The Morgan fingerprint density at radius 1 is 1.00 bits per heavy atom. The fourth-order valence-corrected chi connectivity index (χ4v) is 1.72. The Hall–Kier alpha value is -2.43. The molecule has 2 aromatic carbocycles. The van der Waals surface area contributed by atoms with Crippen LogP contribution in [0.2, 0.25) is 0 Å². The molecule has 0 atom stereocenters. The molecule has 3 nitrogen and oxygen atoms in total. The highest BCUT2D eigenvalue weighted by molar-refractivity contribution is 5.99. The number of carbonyl (C=O) groups is 1. The first kappa shape index (κ1) is 14.0. The smallest absolute Gasteiger partial charge is 0.308 e. The Bertz CT molecular complexity index is 592. The molecule has 0 fully saturated rings. The Balaban J connectivity index is 2.05. The average molecular weight is 276 g/mol. The molecule has 0 aliphatic heterocycles. The first-order chi connectivity index (χ1) is 9.60. The van der Waals surface area contributed by atoms with E-state index in [1.54, 1.807) is 12.1 Å². The van der Waals surface area contributed by atoms with Gasteiger partial charge in [-0.2, -0.15) is 0 Å². The van der Waals surface area contributed by atoms with Crippen molar-refractivity contribution in [3.05, 3.63) is 59.7 Å². The molecule has 2 N–H and O–H groups in total. The lowest BCUT2D eigenvalue weighted by Crippen LogP contribution is -2.20. The van der Waals surface area contributed by atoms with Crippen molar-refractivity contribution in [2.75, 3.05) is 10.6 Å². The van der Waals surface area contributed by atoms with Gasteiger partial charge in [0.2, 0.25) is 0 Å². The number of anilines is 2. The molecule has 0 unspecified atom stereocenters. The summed E-state index contributed by atoms with van der Waals surface area (Å²) in [4.78, 5) is 11.7. The zero-order valence-electron chi connectivity index (χ0n) is 10.9. The standard InChI is InChI=1S/C15H14F2N2O/c1-2-10-6-8-11(9-7-10)18-15(20)19-14-12(16)4-3-5-13(14)17/h3-9H,2H2,1H3,(H2,18,19,20). The number of hydrogen-bond acceptors (Lipinski definition) is 1. The minimum atomic E-state index is -0.818. The summed E-state index contributed by atoms with van der Waals surface area (Å²) in [5.41, 5.74) is 1.22. The van der Waals surface area contributed by atoms with E-state index in [1.807, 2.05) is 19.1 Å². The van der Waals surface area contributed by atoms with Crippen molar-refractivity contribution >= 4 is 17.4 Å². The van der Waals surface area contributed by atoms with Gasteiger partial charge < -0.3 is 10.6 Å². The van der Waals surface area contributed by atoms with E-state index in [4.69, 9.17) is 0 Å². The van der Waals surface area contributed by atoms with Gasteiger partial charge in [-0.1, -0.05) is 25.1 Å². The fourth-order valence-electron chi connectivity index (χ4n) is 1.72. The number of rotatable bonds is 3. The van der Waals surface area contributed by atoms with Gasteiger partial charge in [0.05, 0.1) is 0 Å². The van der Waals surface area contributed by atoms with Crippen LogP contribution in [0.25, 0.3) is 0 Å². The van der Waals surface area contributed by atoms with Gasteiger partial charge in [0.15, 0.2) is 0 Å². The van der Waals surface area contributed by atoms with E-state index >= 15 is 0 Å². The number of para-hydroxylation sites is 1. The summed E-state index contributed by atoms with van der Waals surface area (Å²) >= 11 is 0. The SMILES string of the molecule is CCc1ccc(NC(=O)Nc2c(F)cccc2F)cc1. The zero-order chi connectivity index (χ0) is 14.5. The van der Waals surface area contributed by atoms with Gasteiger partial charge in [0.25, 0.3) is 0 Å². The fraction of sp³-hybridized carbons (Fsp3) is 0.133. The van der Waals surface area contributed by atoms with Gasteiger partial charge in [-0.25, -0.2) is 13.6 Å². The maximum atomic E-state index is 13.4. The van der Waals surface area contributed by atoms with Crippen LogP contribution in [0, 0.1) is 11.6 Å². The van der Waals surface area contributed by atoms with E-state index in [0.717, 1.165) is 24.1 Å². The summed E-state index contributed by atoms with van der Waals surface area (Å²) in [7, 11) is 0. The normalized spacial score (nSPS) is 10.2. The Morgan fingerprint density at radius 2 is 1.60 bits per heavy atom. The highest BCUT2D eigenvalue weighted by Gasteiger charge is 2.11. The van der Waals surface area contributed by atoms with Gasteiger partial charge in [-0.3, -0.25) is 0 Å². The van der Waals surface area contributed by atoms with E-state index in [2.05, 4.69) is 10.6 Å². The number of amides is 2. The summed E-state index contributed by atoms with van der Waals surface area (Å²) in [5, 5.41) is 4.67. The Morgan fingerprint density at radius 3 is 2.15 bits per heavy atom. The highest BCUT2D eigenvalue weighted by atomic mass is 19.1. The van der Waals surface area contributed by atoms with Crippen LogP contribution in [0.3, 0.4) is 0 Å². The van der Waals surface area contributed by atoms with Crippen LogP contribution in [-0.2, 0) is 6.42 Å². The predicted molar refractivity (Wildman–Crippen MR) is 74.8 cm³/mol. The maximum absolute atomic E-state index is 13.4. The molecule has 2 amide bonds. The highest BCUT2D eigenvalue weighted by Crippen LogP contribution is 2.18. The predicted octanol–water partition coefficient (Wildman–Crippen LogP) is 4.17. The maximum Gasteiger partial charge on any atom is 0.323 e. The van der Waals surface area contributed by atoms with E-state index in [1.165, 1.54) is 6.07 Å². The second-order valence-electron chi connectivity index (χ2n) is 4.23. The third-order valence-corrected chi connectivity index (χ3v) is 2.82. The van der Waals surface area contributed by atoms with Gasteiger partial charge in [-0.05, 0) is 36.2 Å². The number of carbonyl (C=O) groups excluding carboxylic acids is 1. The van der Waals surface area contributed by atoms with Crippen LogP contribution < -0.4 is 10.6 Å². The van der Waals surface area contributed by atoms with Crippen LogP contribution in [0.5, 0.6) is 0 Å². The molecule has 0 aromatic heterocycles. The Kier molecular flexibility index (Phi) is 4.30. The number of halogens is 2. The number of hydrogen-bond donors (Lipinski definition) is 2. The van der Waals surface area contributed by atoms with Crippen LogP contribution in [0.1, 0.15) is 12.5 Å². The molecule has 0 saturated heterocycles. The molecule has 0 aliphatic carbocycles. The third-order valence-electron chi connectivity index (χ3n) is 2.82. The van der Waals surface area contributed by atoms with Gasteiger partial charge in [-0.15, -0.1) is 0 Å².